The van der Waals surface area contributed by atoms with Crippen LogP contribution in [0.3, 0.4) is 0 Å². The maximum Gasteiger partial charge on any atom is 0.169 e. The fourth-order valence-electron chi connectivity index (χ4n) is 1.89. The summed E-state index contributed by atoms with van der Waals surface area (Å²) in [4.78, 5) is 0. The Hall–Kier alpha value is -1.95. The highest BCUT2D eigenvalue weighted by Crippen LogP contribution is 2.20. The fourth-order valence-corrected chi connectivity index (χ4v) is 1.89. The molecule has 0 saturated carbocycles. The molecule has 1 aromatic heterocycles. The molecular formula is C13H17FN4O. The van der Waals surface area contributed by atoms with Gasteiger partial charge in [0, 0.05) is 19.2 Å². The Labute approximate surface area is 111 Å². The molecule has 0 saturated heterocycles. The number of nitrogens with zero attached hydrogens (tertiary/aromatic N) is 3. The van der Waals surface area contributed by atoms with E-state index in [1.165, 1.54) is 7.11 Å². The summed E-state index contributed by atoms with van der Waals surface area (Å²) in [5, 5.41) is 11.1. The molecule has 0 aliphatic rings. The number of halogens is 1. The van der Waals surface area contributed by atoms with E-state index in [-0.39, 0.29) is 17.6 Å². The number of nitrogens with one attached hydrogen (secondary N) is 1. The molecule has 1 unspecified atom stereocenters. The molecule has 0 fully saturated rings. The SMILES string of the molecule is COc1cccc(CNC(C)c2nncn2C)c1F. The molecule has 0 radical (unpaired) electrons. The summed E-state index contributed by atoms with van der Waals surface area (Å²) in [6.07, 6.45) is 1.64. The van der Waals surface area contributed by atoms with Gasteiger partial charge < -0.3 is 14.6 Å². The van der Waals surface area contributed by atoms with Crippen molar-refractivity contribution in [3.63, 3.8) is 0 Å². The second-order valence-corrected chi connectivity index (χ2v) is 4.34. The highest BCUT2D eigenvalue weighted by molar-refractivity contribution is 5.31. The zero-order valence-electron chi connectivity index (χ0n) is 11.2. The summed E-state index contributed by atoms with van der Waals surface area (Å²) in [5.41, 5.74) is 0.563. The monoisotopic (exact) mass is 264 g/mol. The van der Waals surface area contributed by atoms with Crippen LogP contribution in [0.25, 0.3) is 0 Å². The van der Waals surface area contributed by atoms with Gasteiger partial charge in [0.1, 0.15) is 12.2 Å². The van der Waals surface area contributed by atoms with E-state index in [0.717, 1.165) is 5.82 Å². The van der Waals surface area contributed by atoms with Crippen molar-refractivity contribution in [2.75, 3.05) is 7.11 Å². The smallest absolute Gasteiger partial charge is 0.169 e. The largest absolute Gasteiger partial charge is 0.494 e. The first-order valence-corrected chi connectivity index (χ1v) is 6.02. The molecule has 1 aromatic carbocycles. The van der Waals surface area contributed by atoms with Crippen LogP contribution in [0.15, 0.2) is 24.5 Å². The Morgan fingerprint density at radius 2 is 2.26 bits per heavy atom. The minimum atomic E-state index is -0.331. The van der Waals surface area contributed by atoms with E-state index in [0.29, 0.717) is 12.1 Å². The third-order valence-corrected chi connectivity index (χ3v) is 3.00. The molecule has 0 aliphatic carbocycles. The van der Waals surface area contributed by atoms with Crippen LogP contribution in [0.4, 0.5) is 4.39 Å². The van der Waals surface area contributed by atoms with Crippen molar-refractivity contribution in [1.82, 2.24) is 20.1 Å². The second kappa shape index (κ2) is 5.79. The molecule has 1 atom stereocenters. The number of ether oxygens (including phenoxy) is 1. The van der Waals surface area contributed by atoms with Crippen molar-refractivity contribution in [2.24, 2.45) is 7.05 Å². The van der Waals surface area contributed by atoms with Gasteiger partial charge in [0.15, 0.2) is 11.6 Å². The Morgan fingerprint density at radius 1 is 1.47 bits per heavy atom. The molecule has 19 heavy (non-hydrogen) atoms. The number of aromatic nitrogens is 3. The first kappa shape index (κ1) is 13.5. The lowest BCUT2D eigenvalue weighted by atomic mass is 10.2. The van der Waals surface area contributed by atoms with Crippen LogP contribution >= 0.6 is 0 Å². The average Bonchev–Trinajstić information content (AvgIpc) is 2.83. The molecule has 2 rings (SSSR count). The van der Waals surface area contributed by atoms with Gasteiger partial charge in [0.25, 0.3) is 0 Å². The van der Waals surface area contributed by atoms with Gasteiger partial charge in [-0.1, -0.05) is 12.1 Å². The molecule has 0 aliphatic heterocycles. The standard InChI is InChI=1S/C13H17FN4O/c1-9(13-17-16-8-18(13)2)15-7-10-5-4-6-11(19-3)12(10)14/h4-6,8-9,15H,7H2,1-3H3. The average molecular weight is 264 g/mol. The summed E-state index contributed by atoms with van der Waals surface area (Å²) in [6, 6.07) is 5.09. The fraction of sp³-hybridized carbons (Fsp3) is 0.385. The number of aryl methyl sites for hydroxylation is 1. The van der Waals surface area contributed by atoms with Gasteiger partial charge in [0.05, 0.1) is 13.2 Å². The van der Waals surface area contributed by atoms with Gasteiger partial charge in [-0.25, -0.2) is 4.39 Å². The van der Waals surface area contributed by atoms with Crippen LogP contribution in [-0.4, -0.2) is 21.9 Å². The molecular weight excluding hydrogens is 247 g/mol. The van der Waals surface area contributed by atoms with Gasteiger partial charge in [0.2, 0.25) is 0 Å². The second-order valence-electron chi connectivity index (χ2n) is 4.34. The number of rotatable bonds is 5. The van der Waals surface area contributed by atoms with Crippen LogP contribution in [-0.2, 0) is 13.6 Å². The van der Waals surface area contributed by atoms with E-state index >= 15 is 0 Å². The van der Waals surface area contributed by atoms with Gasteiger partial charge in [-0.2, -0.15) is 0 Å². The number of benzene rings is 1. The molecule has 1 N–H and O–H groups in total. The van der Waals surface area contributed by atoms with Crippen molar-refractivity contribution in [3.8, 4) is 5.75 Å². The Balaban J connectivity index is 2.05. The van der Waals surface area contributed by atoms with Crippen LogP contribution < -0.4 is 10.1 Å². The van der Waals surface area contributed by atoms with E-state index in [2.05, 4.69) is 15.5 Å². The molecule has 6 heteroatoms. The molecule has 102 valence electrons. The Kier molecular flexibility index (Phi) is 4.11. The van der Waals surface area contributed by atoms with E-state index in [1.54, 1.807) is 24.5 Å². The molecule has 0 amide bonds. The van der Waals surface area contributed by atoms with E-state index in [1.807, 2.05) is 18.5 Å². The molecule has 5 nitrogen and oxygen atoms in total. The highest BCUT2D eigenvalue weighted by Gasteiger charge is 2.13. The summed E-state index contributed by atoms with van der Waals surface area (Å²) >= 11 is 0. The molecule has 1 heterocycles. The van der Waals surface area contributed by atoms with Crippen molar-refractivity contribution in [2.45, 2.75) is 19.5 Å². The van der Waals surface area contributed by atoms with Crippen LogP contribution in [0, 0.1) is 5.82 Å². The lowest BCUT2D eigenvalue weighted by Crippen LogP contribution is -2.21. The summed E-state index contributed by atoms with van der Waals surface area (Å²) in [5.74, 6) is 0.733. The maximum absolute atomic E-state index is 13.9. The molecule has 2 aromatic rings. The van der Waals surface area contributed by atoms with Gasteiger partial charge in [-0.15, -0.1) is 10.2 Å². The quantitative estimate of drug-likeness (QED) is 0.895. The van der Waals surface area contributed by atoms with Crippen LogP contribution in [0.5, 0.6) is 5.75 Å². The van der Waals surface area contributed by atoms with E-state index in [9.17, 15) is 4.39 Å². The van der Waals surface area contributed by atoms with Gasteiger partial charge in [-0.05, 0) is 13.0 Å². The van der Waals surface area contributed by atoms with Crippen LogP contribution in [0.1, 0.15) is 24.4 Å². The van der Waals surface area contributed by atoms with Crippen molar-refractivity contribution in [3.05, 3.63) is 41.7 Å². The summed E-state index contributed by atoms with van der Waals surface area (Å²) in [6.45, 7) is 2.36. The van der Waals surface area contributed by atoms with Crippen molar-refractivity contribution >= 4 is 0 Å². The predicted molar refractivity (Wildman–Crippen MR) is 69.2 cm³/mol. The number of methoxy groups -OCH3 is 1. The highest BCUT2D eigenvalue weighted by atomic mass is 19.1. The van der Waals surface area contributed by atoms with E-state index < -0.39 is 0 Å². The predicted octanol–water partition coefficient (Wildman–Crippen LogP) is 1.81. The third kappa shape index (κ3) is 2.90. The topological polar surface area (TPSA) is 52.0 Å². The number of hydrogen-bond acceptors (Lipinski definition) is 4. The van der Waals surface area contributed by atoms with Gasteiger partial charge >= 0.3 is 0 Å². The molecule has 0 spiro atoms. The van der Waals surface area contributed by atoms with Crippen molar-refractivity contribution in [1.29, 1.82) is 0 Å². The summed E-state index contributed by atoms with van der Waals surface area (Å²) < 4.78 is 20.7. The summed E-state index contributed by atoms with van der Waals surface area (Å²) in [7, 11) is 3.33. The lowest BCUT2D eigenvalue weighted by molar-refractivity contribution is 0.382. The van der Waals surface area contributed by atoms with Crippen LogP contribution in [0.2, 0.25) is 0 Å². The first-order chi connectivity index (χ1) is 9.13. The zero-order chi connectivity index (χ0) is 13.8. The van der Waals surface area contributed by atoms with Gasteiger partial charge in [-0.3, -0.25) is 0 Å². The maximum atomic E-state index is 13.9. The first-order valence-electron chi connectivity index (χ1n) is 6.02. The Bertz CT molecular complexity index is 555. The zero-order valence-corrected chi connectivity index (χ0v) is 11.2. The normalized spacial score (nSPS) is 12.4. The Morgan fingerprint density at radius 3 is 2.89 bits per heavy atom. The van der Waals surface area contributed by atoms with Crippen molar-refractivity contribution < 1.29 is 9.13 Å². The minimum absolute atomic E-state index is 0.0156. The molecule has 0 bridgehead atoms. The van der Waals surface area contributed by atoms with E-state index in [4.69, 9.17) is 4.74 Å². The minimum Gasteiger partial charge on any atom is -0.494 e. The number of hydrogen-bond donors (Lipinski definition) is 1. The third-order valence-electron chi connectivity index (χ3n) is 3.00. The lowest BCUT2D eigenvalue weighted by Gasteiger charge is -2.14.